The first kappa shape index (κ1) is 17.6. The molecule has 0 saturated heterocycles. The topological polar surface area (TPSA) is 88.0 Å². The summed E-state index contributed by atoms with van der Waals surface area (Å²) in [5, 5.41) is 6.64. The molecule has 0 aliphatic carbocycles. The summed E-state index contributed by atoms with van der Waals surface area (Å²) in [5.74, 6) is -0.359. The number of hydrogen-bond donors (Lipinski definition) is 2. The largest absolute Gasteiger partial charge is 0.359 e. The first-order valence-electron chi connectivity index (χ1n) is 8.06. The van der Waals surface area contributed by atoms with Crippen molar-refractivity contribution in [1.29, 1.82) is 0 Å². The quantitative estimate of drug-likeness (QED) is 0.685. The van der Waals surface area contributed by atoms with Crippen LogP contribution in [0.2, 0.25) is 0 Å². The zero-order valence-corrected chi connectivity index (χ0v) is 14.6. The number of halogens is 1. The molecule has 0 aliphatic heterocycles. The number of ketones is 1. The number of amides is 1. The molecule has 0 radical (unpaired) electrons. The van der Waals surface area contributed by atoms with Crippen LogP contribution in [-0.2, 0) is 6.54 Å². The van der Waals surface area contributed by atoms with Gasteiger partial charge in [-0.2, -0.15) is 0 Å². The lowest BCUT2D eigenvalue weighted by atomic mass is 10.1. The SMILES string of the molecule is CC(=O)c1[nH]c(C)c(C(=O)NCc2cc(-c3cccc(F)c3)no2)c1C. The number of H-pyrrole nitrogens is 1. The van der Waals surface area contributed by atoms with Gasteiger partial charge in [0.2, 0.25) is 0 Å². The maximum atomic E-state index is 13.3. The monoisotopic (exact) mass is 355 g/mol. The van der Waals surface area contributed by atoms with E-state index >= 15 is 0 Å². The average molecular weight is 355 g/mol. The summed E-state index contributed by atoms with van der Waals surface area (Å²) in [4.78, 5) is 27.0. The van der Waals surface area contributed by atoms with E-state index in [9.17, 15) is 14.0 Å². The fraction of sp³-hybridized carbons (Fsp3) is 0.211. The molecule has 26 heavy (non-hydrogen) atoms. The highest BCUT2D eigenvalue weighted by molar-refractivity contribution is 6.02. The van der Waals surface area contributed by atoms with E-state index in [1.54, 1.807) is 32.0 Å². The smallest absolute Gasteiger partial charge is 0.253 e. The molecule has 0 unspecified atom stereocenters. The van der Waals surface area contributed by atoms with Crippen molar-refractivity contribution in [2.75, 3.05) is 0 Å². The van der Waals surface area contributed by atoms with E-state index in [1.807, 2.05) is 0 Å². The van der Waals surface area contributed by atoms with Gasteiger partial charge in [0, 0.05) is 24.2 Å². The summed E-state index contributed by atoms with van der Waals surface area (Å²) >= 11 is 0. The number of nitrogens with zero attached hydrogens (tertiary/aromatic N) is 1. The predicted octanol–water partition coefficient (Wildman–Crippen LogP) is 3.56. The van der Waals surface area contributed by atoms with Crippen LogP contribution in [0, 0.1) is 19.7 Å². The van der Waals surface area contributed by atoms with Gasteiger partial charge in [-0.1, -0.05) is 17.3 Å². The molecule has 0 atom stereocenters. The second-order valence-corrected chi connectivity index (χ2v) is 6.05. The van der Waals surface area contributed by atoms with Crippen molar-refractivity contribution in [2.45, 2.75) is 27.3 Å². The van der Waals surface area contributed by atoms with Crippen LogP contribution in [0.5, 0.6) is 0 Å². The fourth-order valence-electron chi connectivity index (χ4n) is 2.88. The van der Waals surface area contributed by atoms with Crippen LogP contribution in [-0.4, -0.2) is 21.8 Å². The van der Waals surface area contributed by atoms with E-state index in [2.05, 4.69) is 15.5 Å². The van der Waals surface area contributed by atoms with Crippen molar-refractivity contribution in [2.24, 2.45) is 0 Å². The number of carbonyl (C=O) groups is 2. The van der Waals surface area contributed by atoms with Crippen molar-refractivity contribution in [3.63, 3.8) is 0 Å². The highest BCUT2D eigenvalue weighted by atomic mass is 19.1. The van der Waals surface area contributed by atoms with Crippen LogP contribution in [0.4, 0.5) is 4.39 Å². The molecule has 0 bridgehead atoms. The Labute approximate surface area is 149 Å². The van der Waals surface area contributed by atoms with Gasteiger partial charge >= 0.3 is 0 Å². The number of benzene rings is 1. The number of Topliss-reactive ketones (excluding diaryl/α,β-unsaturated/α-hetero) is 1. The molecule has 0 saturated carbocycles. The van der Waals surface area contributed by atoms with Crippen molar-refractivity contribution in [3.8, 4) is 11.3 Å². The van der Waals surface area contributed by atoms with Gasteiger partial charge in [-0.05, 0) is 31.5 Å². The molecule has 7 heteroatoms. The Kier molecular flexibility index (Phi) is 4.71. The standard InChI is InChI=1S/C19H18FN3O3/c1-10-17(11(2)22-18(10)12(3)24)19(25)21-9-15-8-16(23-26-15)13-5-4-6-14(20)7-13/h4-8,22H,9H2,1-3H3,(H,21,25). The highest BCUT2D eigenvalue weighted by Crippen LogP contribution is 2.21. The van der Waals surface area contributed by atoms with Gasteiger partial charge in [0.15, 0.2) is 11.5 Å². The minimum Gasteiger partial charge on any atom is -0.359 e. The lowest BCUT2D eigenvalue weighted by Gasteiger charge is -2.03. The van der Waals surface area contributed by atoms with Gasteiger partial charge in [-0.25, -0.2) is 4.39 Å². The van der Waals surface area contributed by atoms with E-state index in [1.165, 1.54) is 19.1 Å². The minimum absolute atomic E-state index is 0.125. The Balaban J connectivity index is 1.72. The van der Waals surface area contributed by atoms with Gasteiger partial charge in [-0.15, -0.1) is 0 Å². The third-order valence-corrected chi connectivity index (χ3v) is 4.12. The van der Waals surface area contributed by atoms with Crippen LogP contribution in [0.3, 0.4) is 0 Å². The lowest BCUT2D eigenvalue weighted by molar-refractivity contribution is 0.0946. The molecule has 2 heterocycles. The Morgan fingerprint density at radius 2 is 2.04 bits per heavy atom. The Bertz CT molecular complexity index is 988. The molecule has 0 spiro atoms. The maximum absolute atomic E-state index is 13.3. The number of nitrogens with one attached hydrogen (secondary N) is 2. The summed E-state index contributed by atoms with van der Waals surface area (Å²) in [7, 11) is 0. The van der Waals surface area contributed by atoms with Gasteiger partial charge in [0.25, 0.3) is 5.91 Å². The highest BCUT2D eigenvalue weighted by Gasteiger charge is 2.20. The molecule has 6 nitrogen and oxygen atoms in total. The molecular formula is C19H18FN3O3. The van der Waals surface area contributed by atoms with Crippen LogP contribution in [0.15, 0.2) is 34.9 Å². The second-order valence-electron chi connectivity index (χ2n) is 6.05. The molecular weight excluding hydrogens is 337 g/mol. The molecule has 1 amide bonds. The third kappa shape index (κ3) is 3.42. The molecule has 3 aromatic rings. The summed E-state index contributed by atoms with van der Waals surface area (Å²) in [6.45, 7) is 5.04. The van der Waals surface area contributed by atoms with Crippen molar-refractivity contribution < 1.29 is 18.5 Å². The molecule has 1 aromatic carbocycles. The molecule has 2 aromatic heterocycles. The summed E-state index contributed by atoms with van der Waals surface area (Å²) in [6, 6.07) is 7.66. The van der Waals surface area contributed by atoms with Crippen LogP contribution in [0.25, 0.3) is 11.3 Å². The van der Waals surface area contributed by atoms with E-state index in [-0.39, 0.29) is 24.1 Å². The lowest BCUT2D eigenvalue weighted by Crippen LogP contribution is -2.23. The van der Waals surface area contributed by atoms with Gasteiger partial charge in [0.05, 0.1) is 17.8 Å². The second kappa shape index (κ2) is 6.95. The van der Waals surface area contributed by atoms with Gasteiger partial charge in [-0.3, -0.25) is 9.59 Å². The van der Waals surface area contributed by atoms with E-state index < -0.39 is 0 Å². The minimum atomic E-state index is -0.361. The fourth-order valence-corrected chi connectivity index (χ4v) is 2.88. The summed E-state index contributed by atoms with van der Waals surface area (Å²) in [6.07, 6.45) is 0. The Hall–Kier alpha value is -3.22. The number of aromatic nitrogens is 2. The number of carbonyl (C=O) groups excluding carboxylic acids is 2. The number of aryl methyl sites for hydroxylation is 1. The van der Waals surface area contributed by atoms with E-state index in [4.69, 9.17) is 4.52 Å². The van der Waals surface area contributed by atoms with Gasteiger partial charge < -0.3 is 14.8 Å². The van der Waals surface area contributed by atoms with Gasteiger partial charge in [0.1, 0.15) is 11.5 Å². The Morgan fingerprint density at radius 1 is 1.27 bits per heavy atom. The van der Waals surface area contributed by atoms with E-state index in [0.29, 0.717) is 39.5 Å². The average Bonchev–Trinajstić information content (AvgIpc) is 3.17. The molecule has 0 aliphatic rings. The van der Waals surface area contributed by atoms with Crippen molar-refractivity contribution >= 4 is 11.7 Å². The number of rotatable bonds is 5. The number of aromatic amines is 1. The first-order valence-corrected chi connectivity index (χ1v) is 8.06. The van der Waals surface area contributed by atoms with Crippen molar-refractivity contribution in [1.82, 2.24) is 15.5 Å². The number of hydrogen-bond acceptors (Lipinski definition) is 4. The first-order chi connectivity index (χ1) is 12.4. The van der Waals surface area contributed by atoms with Crippen molar-refractivity contribution in [3.05, 3.63) is 64.4 Å². The normalized spacial score (nSPS) is 10.8. The Morgan fingerprint density at radius 3 is 2.69 bits per heavy atom. The van der Waals surface area contributed by atoms with Crippen LogP contribution in [0.1, 0.15) is 44.8 Å². The predicted molar refractivity (Wildman–Crippen MR) is 93.3 cm³/mol. The summed E-state index contributed by atoms with van der Waals surface area (Å²) in [5.41, 5.74) is 3.20. The molecule has 134 valence electrons. The zero-order valence-electron chi connectivity index (χ0n) is 14.6. The van der Waals surface area contributed by atoms with Crippen LogP contribution < -0.4 is 5.32 Å². The molecule has 0 fully saturated rings. The maximum Gasteiger partial charge on any atom is 0.253 e. The molecule has 3 rings (SSSR count). The van der Waals surface area contributed by atoms with E-state index in [0.717, 1.165) is 0 Å². The summed E-state index contributed by atoms with van der Waals surface area (Å²) < 4.78 is 18.5. The molecule has 2 N–H and O–H groups in total. The third-order valence-electron chi connectivity index (χ3n) is 4.12. The van der Waals surface area contributed by atoms with Crippen LogP contribution >= 0.6 is 0 Å². The zero-order chi connectivity index (χ0) is 18.8.